The molecular weight excluding hydrogens is 282 g/mol. The summed E-state index contributed by atoms with van der Waals surface area (Å²) in [5.41, 5.74) is 0.899. The summed E-state index contributed by atoms with van der Waals surface area (Å²) in [4.78, 5) is 23.4. The molecule has 4 N–H and O–H groups in total. The molecule has 6 nitrogen and oxygen atoms in total. The number of benzene rings is 1. The summed E-state index contributed by atoms with van der Waals surface area (Å²) in [6.07, 6.45) is -0.236. The SMILES string of the molecule is CC(=O)NC(CC(=O)NCC1CNCC1O)c1ccccc1. The highest BCUT2D eigenvalue weighted by Crippen LogP contribution is 2.16. The number of carbonyl (C=O) groups is 2. The third-order valence-corrected chi connectivity index (χ3v) is 3.83. The van der Waals surface area contributed by atoms with Crippen LogP contribution in [0, 0.1) is 5.92 Å². The van der Waals surface area contributed by atoms with Crippen molar-refractivity contribution in [2.45, 2.75) is 25.5 Å². The number of hydrogen-bond donors (Lipinski definition) is 4. The van der Waals surface area contributed by atoms with Gasteiger partial charge in [0, 0.05) is 32.5 Å². The van der Waals surface area contributed by atoms with E-state index in [0.29, 0.717) is 19.6 Å². The Labute approximate surface area is 130 Å². The van der Waals surface area contributed by atoms with Crippen molar-refractivity contribution in [2.75, 3.05) is 19.6 Å². The van der Waals surface area contributed by atoms with E-state index in [9.17, 15) is 14.7 Å². The van der Waals surface area contributed by atoms with E-state index in [2.05, 4.69) is 16.0 Å². The predicted octanol–water partition coefficient (Wildman–Crippen LogP) is -0.0496. The summed E-state index contributed by atoms with van der Waals surface area (Å²) in [7, 11) is 0. The predicted molar refractivity (Wildman–Crippen MR) is 83.0 cm³/mol. The highest BCUT2D eigenvalue weighted by atomic mass is 16.3. The molecule has 0 bridgehead atoms. The van der Waals surface area contributed by atoms with Gasteiger partial charge in [-0.05, 0) is 5.56 Å². The van der Waals surface area contributed by atoms with Crippen LogP contribution in [-0.2, 0) is 9.59 Å². The number of aliphatic hydroxyl groups excluding tert-OH is 1. The lowest BCUT2D eigenvalue weighted by atomic mass is 10.0. The van der Waals surface area contributed by atoms with Gasteiger partial charge in [0.2, 0.25) is 11.8 Å². The molecule has 1 fully saturated rings. The van der Waals surface area contributed by atoms with Crippen molar-refractivity contribution in [3.8, 4) is 0 Å². The lowest BCUT2D eigenvalue weighted by Crippen LogP contribution is -2.37. The van der Waals surface area contributed by atoms with Gasteiger partial charge in [-0.15, -0.1) is 0 Å². The van der Waals surface area contributed by atoms with Gasteiger partial charge in [-0.2, -0.15) is 0 Å². The van der Waals surface area contributed by atoms with Crippen LogP contribution in [0.5, 0.6) is 0 Å². The maximum atomic E-state index is 12.1. The van der Waals surface area contributed by atoms with Crippen LogP contribution in [0.2, 0.25) is 0 Å². The summed E-state index contributed by atoms with van der Waals surface area (Å²) in [5.74, 6) is -0.265. The topological polar surface area (TPSA) is 90.5 Å². The van der Waals surface area contributed by atoms with Gasteiger partial charge in [-0.3, -0.25) is 9.59 Å². The summed E-state index contributed by atoms with van der Waals surface area (Å²) in [6, 6.07) is 9.08. The van der Waals surface area contributed by atoms with Crippen LogP contribution in [0.4, 0.5) is 0 Å². The van der Waals surface area contributed by atoms with E-state index in [1.165, 1.54) is 6.92 Å². The standard InChI is InChI=1S/C16H23N3O3/c1-11(20)19-14(12-5-3-2-4-6-12)7-16(22)18-9-13-8-17-10-15(13)21/h2-6,13-15,17,21H,7-10H2,1H3,(H,18,22)(H,19,20). The molecule has 2 rings (SSSR count). The molecule has 1 heterocycles. The summed E-state index contributed by atoms with van der Waals surface area (Å²) in [6.45, 7) is 3.15. The van der Waals surface area contributed by atoms with E-state index in [4.69, 9.17) is 0 Å². The largest absolute Gasteiger partial charge is 0.391 e. The second-order valence-corrected chi connectivity index (χ2v) is 5.66. The van der Waals surface area contributed by atoms with Gasteiger partial charge in [0.1, 0.15) is 0 Å². The third-order valence-electron chi connectivity index (χ3n) is 3.83. The fourth-order valence-electron chi connectivity index (χ4n) is 2.61. The Morgan fingerprint density at radius 3 is 2.64 bits per heavy atom. The van der Waals surface area contributed by atoms with Gasteiger partial charge in [0.05, 0.1) is 18.6 Å². The van der Waals surface area contributed by atoms with Gasteiger partial charge < -0.3 is 21.1 Å². The molecule has 1 aromatic rings. The quantitative estimate of drug-likeness (QED) is 0.593. The molecule has 0 saturated carbocycles. The molecule has 1 saturated heterocycles. The van der Waals surface area contributed by atoms with E-state index in [1.807, 2.05) is 30.3 Å². The Bertz CT molecular complexity index is 507. The molecule has 1 aliphatic heterocycles. The van der Waals surface area contributed by atoms with Crippen molar-refractivity contribution in [1.29, 1.82) is 0 Å². The third kappa shape index (κ3) is 4.82. The zero-order valence-electron chi connectivity index (χ0n) is 12.7. The Morgan fingerprint density at radius 1 is 1.32 bits per heavy atom. The number of aliphatic hydroxyl groups is 1. The number of rotatable bonds is 6. The number of carbonyl (C=O) groups excluding carboxylic acids is 2. The first-order chi connectivity index (χ1) is 10.6. The molecule has 6 heteroatoms. The smallest absolute Gasteiger partial charge is 0.222 e. The first kappa shape index (κ1) is 16.5. The number of β-amino-alcohol motifs (C(OH)–C–C–N with tert-alkyl or cyclic N) is 1. The Hall–Kier alpha value is -1.92. The molecule has 1 aliphatic rings. The Balaban J connectivity index is 1.89. The molecule has 1 aromatic carbocycles. The first-order valence-corrected chi connectivity index (χ1v) is 7.54. The van der Waals surface area contributed by atoms with Crippen molar-refractivity contribution < 1.29 is 14.7 Å². The monoisotopic (exact) mass is 305 g/mol. The van der Waals surface area contributed by atoms with Crippen LogP contribution in [-0.4, -0.2) is 42.7 Å². The van der Waals surface area contributed by atoms with Gasteiger partial charge in [-0.25, -0.2) is 0 Å². The number of nitrogens with one attached hydrogen (secondary N) is 3. The lowest BCUT2D eigenvalue weighted by Gasteiger charge is -2.19. The molecule has 3 atom stereocenters. The van der Waals surface area contributed by atoms with Crippen LogP contribution in [0.1, 0.15) is 24.9 Å². The lowest BCUT2D eigenvalue weighted by molar-refractivity contribution is -0.123. The average molecular weight is 305 g/mol. The van der Waals surface area contributed by atoms with Crippen LogP contribution >= 0.6 is 0 Å². The van der Waals surface area contributed by atoms with Crippen LogP contribution in [0.25, 0.3) is 0 Å². The summed E-state index contributed by atoms with van der Waals surface area (Å²) < 4.78 is 0. The van der Waals surface area contributed by atoms with Gasteiger partial charge >= 0.3 is 0 Å². The van der Waals surface area contributed by atoms with E-state index >= 15 is 0 Å². The molecule has 0 spiro atoms. The van der Waals surface area contributed by atoms with Crippen LogP contribution in [0.15, 0.2) is 30.3 Å². The van der Waals surface area contributed by atoms with Gasteiger partial charge in [0.15, 0.2) is 0 Å². The van der Waals surface area contributed by atoms with Crippen LogP contribution < -0.4 is 16.0 Å². The minimum atomic E-state index is -0.416. The zero-order chi connectivity index (χ0) is 15.9. The van der Waals surface area contributed by atoms with Crippen molar-refractivity contribution in [3.05, 3.63) is 35.9 Å². The van der Waals surface area contributed by atoms with Gasteiger partial charge in [-0.1, -0.05) is 30.3 Å². The summed E-state index contributed by atoms with van der Waals surface area (Å²) >= 11 is 0. The molecular formula is C16H23N3O3. The van der Waals surface area contributed by atoms with Crippen molar-refractivity contribution in [2.24, 2.45) is 5.92 Å². The average Bonchev–Trinajstić information content (AvgIpc) is 2.90. The van der Waals surface area contributed by atoms with Crippen molar-refractivity contribution in [3.63, 3.8) is 0 Å². The van der Waals surface area contributed by atoms with E-state index in [0.717, 1.165) is 5.56 Å². The molecule has 0 radical (unpaired) electrons. The highest BCUT2D eigenvalue weighted by molar-refractivity contribution is 5.79. The minimum absolute atomic E-state index is 0.0416. The Morgan fingerprint density at radius 2 is 2.05 bits per heavy atom. The Kier molecular flexibility index (Phi) is 5.91. The van der Waals surface area contributed by atoms with Gasteiger partial charge in [0.25, 0.3) is 0 Å². The minimum Gasteiger partial charge on any atom is -0.391 e. The fourth-order valence-corrected chi connectivity index (χ4v) is 2.61. The maximum Gasteiger partial charge on any atom is 0.222 e. The number of hydrogen-bond acceptors (Lipinski definition) is 4. The normalized spacial score (nSPS) is 22.1. The molecule has 3 unspecified atom stereocenters. The van der Waals surface area contributed by atoms with Crippen molar-refractivity contribution in [1.82, 2.24) is 16.0 Å². The highest BCUT2D eigenvalue weighted by Gasteiger charge is 2.25. The molecule has 22 heavy (non-hydrogen) atoms. The second-order valence-electron chi connectivity index (χ2n) is 5.66. The molecule has 0 aromatic heterocycles. The maximum absolute atomic E-state index is 12.1. The second kappa shape index (κ2) is 7.91. The van der Waals surface area contributed by atoms with E-state index in [-0.39, 0.29) is 30.2 Å². The summed E-state index contributed by atoms with van der Waals surface area (Å²) in [5, 5.41) is 18.4. The van der Waals surface area contributed by atoms with Crippen molar-refractivity contribution >= 4 is 11.8 Å². The fraction of sp³-hybridized carbons (Fsp3) is 0.500. The van der Waals surface area contributed by atoms with Crippen LogP contribution in [0.3, 0.4) is 0 Å². The number of amides is 2. The van der Waals surface area contributed by atoms with E-state index < -0.39 is 6.10 Å². The molecule has 2 amide bonds. The molecule has 0 aliphatic carbocycles. The van der Waals surface area contributed by atoms with E-state index in [1.54, 1.807) is 0 Å². The first-order valence-electron chi connectivity index (χ1n) is 7.54. The molecule has 120 valence electrons. The zero-order valence-corrected chi connectivity index (χ0v) is 12.7.